The molecule has 3 heteroatoms. The molecule has 104 valence electrons. The minimum atomic E-state index is 0.861. The Bertz CT molecular complexity index is 750. The van der Waals surface area contributed by atoms with Gasteiger partial charge in [-0.3, -0.25) is 9.67 Å². The highest BCUT2D eigenvalue weighted by Gasteiger charge is 1.97. The van der Waals surface area contributed by atoms with Gasteiger partial charge in [0.1, 0.15) is 5.69 Å². The summed E-state index contributed by atoms with van der Waals surface area (Å²) in [5.41, 5.74) is 5.49. The first-order valence-electron chi connectivity index (χ1n) is 6.91. The summed E-state index contributed by atoms with van der Waals surface area (Å²) in [6, 6.07) is 18.7. The highest BCUT2D eigenvalue weighted by molar-refractivity contribution is 5.79. The van der Waals surface area contributed by atoms with Gasteiger partial charge in [-0.05, 0) is 36.2 Å². The zero-order valence-electron chi connectivity index (χ0n) is 12.2. The Morgan fingerprint density at radius 2 is 1.52 bits per heavy atom. The normalized spacial score (nSPS) is 11.1. The van der Waals surface area contributed by atoms with Crippen molar-refractivity contribution in [3.8, 4) is 11.1 Å². The van der Waals surface area contributed by atoms with Gasteiger partial charge in [-0.1, -0.05) is 42.0 Å². The highest BCUT2D eigenvalue weighted by atomic mass is 15.2. The van der Waals surface area contributed by atoms with E-state index in [9.17, 15) is 0 Å². The fourth-order valence-corrected chi connectivity index (χ4v) is 2.13. The van der Waals surface area contributed by atoms with Crippen molar-refractivity contribution in [2.45, 2.75) is 6.92 Å². The van der Waals surface area contributed by atoms with E-state index in [2.05, 4.69) is 53.4 Å². The molecule has 1 aromatic heterocycles. The summed E-state index contributed by atoms with van der Waals surface area (Å²) in [7, 11) is 1.90. The van der Waals surface area contributed by atoms with Crippen molar-refractivity contribution in [1.29, 1.82) is 0 Å². The molecule has 0 atom stereocenters. The second-order valence-corrected chi connectivity index (χ2v) is 5.09. The molecule has 1 heterocycles. The van der Waals surface area contributed by atoms with Crippen molar-refractivity contribution in [3.63, 3.8) is 0 Å². The maximum Gasteiger partial charge on any atom is 0.103 e. The molecule has 0 aliphatic heterocycles. The number of aromatic nitrogens is 2. The Hall–Kier alpha value is -2.68. The van der Waals surface area contributed by atoms with Crippen LogP contribution >= 0.6 is 0 Å². The fourth-order valence-electron chi connectivity index (χ4n) is 2.13. The van der Waals surface area contributed by atoms with Crippen molar-refractivity contribution in [2.75, 3.05) is 0 Å². The summed E-state index contributed by atoms with van der Waals surface area (Å²) >= 11 is 0. The van der Waals surface area contributed by atoms with Crippen LogP contribution in [-0.2, 0) is 7.05 Å². The lowest BCUT2D eigenvalue weighted by Gasteiger charge is -2.02. The van der Waals surface area contributed by atoms with Crippen LogP contribution in [0.25, 0.3) is 11.1 Å². The Kier molecular flexibility index (Phi) is 3.65. The number of nitrogens with zero attached hydrogens (tertiary/aromatic N) is 3. The third-order valence-electron chi connectivity index (χ3n) is 3.33. The molecule has 0 saturated carbocycles. The molecule has 0 fully saturated rings. The van der Waals surface area contributed by atoms with Gasteiger partial charge in [-0.25, -0.2) is 0 Å². The molecule has 3 aromatic rings. The minimum Gasteiger partial charge on any atom is -0.275 e. The van der Waals surface area contributed by atoms with Gasteiger partial charge in [0.2, 0.25) is 0 Å². The molecular weight excluding hydrogens is 258 g/mol. The van der Waals surface area contributed by atoms with Gasteiger partial charge in [0.25, 0.3) is 0 Å². The van der Waals surface area contributed by atoms with Crippen LogP contribution in [0.4, 0.5) is 5.69 Å². The van der Waals surface area contributed by atoms with E-state index in [0.29, 0.717) is 0 Å². The van der Waals surface area contributed by atoms with Crippen molar-refractivity contribution in [3.05, 3.63) is 72.1 Å². The topological polar surface area (TPSA) is 30.2 Å². The number of benzene rings is 2. The summed E-state index contributed by atoms with van der Waals surface area (Å²) < 4.78 is 1.77. The second kappa shape index (κ2) is 5.75. The molecule has 0 N–H and O–H groups in total. The molecule has 0 bridgehead atoms. The van der Waals surface area contributed by atoms with E-state index < -0.39 is 0 Å². The van der Waals surface area contributed by atoms with Gasteiger partial charge in [0.15, 0.2) is 0 Å². The number of aryl methyl sites for hydroxylation is 2. The van der Waals surface area contributed by atoms with Gasteiger partial charge >= 0.3 is 0 Å². The van der Waals surface area contributed by atoms with Gasteiger partial charge in [-0.15, -0.1) is 0 Å². The third kappa shape index (κ3) is 3.26. The van der Waals surface area contributed by atoms with Gasteiger partial charge in [-0.2, -0.15) is 5.10 Å². The SMILES string of the molecule is Cc1ccc(-c2ccc(N=Cc3ccn(C)n3)cc2)cc1. The monoisotopic (exact) mass is 275 g/mol. The molecule has 3 rings (SSSR count). The summed E-state index contributed by atoms with van der Waals surface area (Å²) in [6.45, 7) is 2.10. The molecule has 3 nitrogen and oxygen atoms in total. The zero-order valence-corrected chi connectivity index (χ0v) is 12.2. The van der Waals surface area contributed by atoms with Crippen molar-refractivity contribution >= 4 is 11.9 Å². The summed E-state index contributed by atoms with van der Waals surface area (Å²) in [4.78, 5) is 4.44. The average Bonchev–Trinajstić information content (AvgIpc) is 2.92. The smallest absolute Gasteiger partial charge is 0.103 e. The van der Waals surface area contributed by atoms with Gasteiger partial charge in [0, 0.05) is 13.2 Å². The zero-order chi connectivity index (χ0) is 14.7. The van der Waals surface area contributed by atoms with Crippen LogP contribution < -0.4 is 0 Å². The molecule has 0 aliphatic carbocycles. The standard InChI is InChI=1S/C18H17N3/c1-14-3-5-15(6-4-14)16-7-9-17(10-8-16)19-13-18-11-12-21(2)20-18/h3-13H,1-2H3. The van der Waals surface area contributed by atoms with E-state index in [1.807, 2.05) is 31.4 Å². The maximum absolute atomic E-state index is 4.44. The van der Waals surface area contributed by atoms with Crippen molar-refractivity contribution < 1.29 is 0 Å². The molecular formula is C18H17N3. The van der Waals surface area contributed by atoms with Gasteiger partial charge < -0.3 is 0 Å². The lowest BCUT2D eigenvalue weighted by atomic mass is 10.0. The molecule has 0 aliphatic rings. The minimum absolute atomic E-state index is 0.861. The Labute approximate surface area is 124 Å². The van der Waals surface area contributed by atoms with Crippen LogP contribution in [0, 0.1) is 6.92 Å². The van der Waals surface area contributed by atoms with Crippen LogP contribution in [0.5, 0.6) is 0 Å². The van der Waals surface area contributed by atoms with Crippen molar-refractivity contribution in [1.82, 2.24) is 9.78 Å². The van der Waals surface area contributed by atoms with Gasteiger partial charge in [0.05, 0.1) is 11.9 Å². The molecule has 21 heavy (non-hydrogen) atoms. The molecule has 0 spiro atoms. The quantitative estimate of drug-likeness (QED) is 0.660. The number of hydrogen-bond donors (Lipinski definition) is 0. The average molecular weight is 275 g/mol. The predicted octanol–water partition coefficient (Wildman–Crippen LogP) is 4.15. The number of rotatable bonds is 3. The summed E-state index contributed by atoms with van der Waals surface area (Å²) in [5, 5.41) is 4.27. The van der Waals surface area contributed by atoms with E-state index in [-0.39, 0.29) is 0 Å². The number of hydrogen-bond acceptors (Lipinski definition) is 2. The maximum atomic E-state index is 4.44. The molecule has 0 radical (unpaired) electrons. The van der Waals surface area contributed by atoms with Crippen molar-refractivity contribution in [2.24, 2.45) is 12.0 Å². The first-order chi connectivity index (χ1) is 10.2. The van der Waals surface area contributed by atoms with Crippen LogP contribution in [-0.4, -0.2) is 16.0 Å². The van der Waals surface area contributed by atoms with E-state index in [4.69, 9.17) is 0 Å². The Morgan fingerprint density at radius 1 is 0.905 bits per heavy atom. The molecule has 2 aromatic carbocycles. The third-order valence-corrected chi connectivity index (χ3v) is 3.33. The number of aliphatic imine (C=N–C) groups is 1. The molecule has 0 unspecified atom stereocenters. The lowest BCUT2D eigenvalue weighted by Crippen LogP contribution is -1.89. The first kappa shape index (κ1) is 13.3. The van der Waals surface area contributed by atoms with E-state index in [1.54, 1.807) is 10.9 Å². The molecule has 0 saturated heterocycles. The predicted molar refractivity (Wildman–Crippen MR) is 87.1 cm³/mol. The Balaban J connectivity index is 1.77. The van der Waals surface area contributed by atoms with Crippen LogP contribution in [0.3, 0.4) is 0 Å². The summed E-state index contributed by atoms with van der Waals surface area (Å²) in [5.74, 6) is 0. The fraction of sp³-hybridized carbons (Fsp3) is 0.111. The Morgan fingerprint density at radius 3 is 2.10 bits per heavy atom. The van der Waals surface area contributed by atoms with E-state index in [0.717, 1.165) is 11.4 Å². The van der Waals surface area contributed by atoms with E-state index >= 15 is 0 Å². The lowest BCUT2D eigenvalue weighted by molar-refractivity contribution is 0.765. The van der Waals surface area contributed by atoms with Crippen LogP contribution in [0.15, 0.2) is 65.8 Å². The highest BCUT2D eigenvalue weighted by Crippen LogP contribution is 2.22. The summed E-state index contributed by atoms with van der Waals surface area (Å²) in [6.07, 6.45) is 3.68. The van der Waals surface area contributed by atoms with E-state index in [1.165, 1.54) is 16.7 Å². The second-order valence-electron chi connectivity index (χ2n) is 5.09. The van der Waals surface area contributed by atoms with Crippen LogP contribution in [0.1, 0.15) is 11.3 Å². The largest absolute Gasteiger partial charge is 0.275 e. The van der Waals surface area contributed by atoms with Crippen LogP contribution in [0.2, 0.25) is 0 Å². The first-order valence-corrected chi connectivity index (χ1v) is 6.91. The molecule has 0 amide bonds.